The fourth-order valence-electron chi connectivity index (χ4n) is 7.69. The molecule has 0 spiro atoms. The Morgan fingerprint density at radius 1 is 1.06 bits per heavy atom. The third kappa shape index (κ3) is 3.50. The quantitative estimate of drug-likeness (QED) is 0.676. The van der Waals surface area contributed by atoms with Crippen LogP contribution in [0.5, 0.6) is 5.75 Å². The number of likely N-dealkylation sites (tertiary alicyclic amines) is 1. The molecule has 4 bridgehead atoms. The van der Waals surface area contributed by atoms with Crippen LogP contribution in [0.1, 0.15) is 86.0 Å². The number of halogens is 1. The van der Waals surface area contributed by atoms with Gasteiger partial charge in [0.15, 0.2) is 0 Å². The summed E-state index contributed by atoms with van der Waals surface area (Å²) in [4.78, 5) is 25.9. The van der Waals surface area contributed by atoms with Gasteiger partial charge in [-0.25, -0.2) is 9.18 Å². The molecule has 1 aromatic rings. The molecule has 5 aliphatic carbocycles. The fourth-order valence-corrected chi connectivity index (χ4v) is 7.69. The van der Waals surface area contributed by atoms with E-state index in [0.29, 0.717) is 37.7 Å². The lowest BCUT2D eigenvalue weighted by atomic mass is 9.50. The zero-order chi connectivity index (χ0) is 22.0. The van der Waals surface area contributed by atoms with Crippen LogP contribution in [-0.4, -0.2) is 41.1 Å². The van der Waals surface area contributed by atoms with E-state index < -0.39 is 23.7 Å². The molecular formula is C26H32FNO4. The second-order valence-corrected chi connectivity index (χ2v) is 11.3. The van der Waals surface area contributed by atoms with Crippen molar-refractivity contribution in [2.45, 2.75) is 76.2 Å². The number of amides is 1. The zero-order valence-electron chi connectivity index (χ0n) is 18.5. The number of benzene rings is 1. The van der Waals surface area contributed by atoms with Crippen molar-refractivity contribution in [2.24, 2.45) is 23.2 Å². The van der Waals surface area contributed by atoms with Crippen molar-refractivity contribution < 1.29 is 23.8 Å². The van der Waals surface area contributed by atoms with Crippen molar-refractivity contribution in [3.8, 4) is 5.75 Å². The molecule has 1 saturated heterocycles. The van der Waals surface area contributed by atoms with Crippen LogP contribution in [0.2, 0.25) is 0 Å². The minimum atomic E-state index is -1.02. The van der Waals surface area contributed by atoms with Crippen LogP contribution in [0, 0.1) is 29.0 Å². The lowest BCUT2D eigenvalue weighted by Gasteiger charge is -2.56. The summed E-state index contributed by atoms with van der Waals surface area (Å²) in [7, 11) is 0. The second-order valence-electron chi connectivity index (χ2n) is 11.3. The molecule has 5 nitrogen and oxygen atoms in total. The normalized spacial score (nSPS) is 35.3. The molecule has 1 amide bonds. The monoisotopic (exact) mass is 441 g/mol. The summed E-state index contributed by atoms with van der Waals surface area (Å²) in [6.07, 6.45) is 11.0. The summed E-state index contributed by atoms with van der Waals surface area (Å²) in [5.74, 6) is 1.29. The SMILES string of the molecule is O=C(O)[C@H]1CCCN1C(=O)c1cc(C2CC2)c(OCC23CC4CC(CC(C4)C2)C3)cc1F. The van der Waals surface area contributed by atoms with Crippen LogP contribution < -0.4 is 4.74 Å². The molecule has 6 heteroatoms. The van der Waals surface area contributed by atoms with E-state index in [1.54, 1.807) is 6.07 Å². The molecule has 7 rings (SSSR count). The third-order valence-corrected chi connectivity index (χ3v) is 8.84. The number of carbonyl (C=O) groups is 2. The van der Waals surface area contributed by atoms with E-state index in [1.165, 1.54) is 49.5 Å². The first-order valence-electron chi connectivity index (χ1n) is 12.4. The molecule has 1 heterocycles. The van der Waals surface area contributed by atoms with Crippen LogP contribution >= 0.6 is 0 Å². The van der Waals surface area contributed by atoms with Crippen molar-refractivity contribution >= 4 is 11.9 Å². The van der Waals surface area contributed by atoms with Gasteiger partial charge in [0.1, 0.15) is 17.6 Å². The van der Waals surface area contributed by atoms with Crippen LogP contribution in [0.25, 0.3) is 0 Å². The Bertz CT molecular complexity index is 920. The number of hydrogen-bond donors (Lipinski definition) is 1. The molecule has 1 aliphatic heterocycles. The predicted octanol–water partition coefficient (Wildman–Crippen LogP) is 4.99. The summed E-state index contributed by atoms with van der Waals surface area (Å²) >= 11 is 0. The van der Waals surface area contributed by atoms with E-state index in [9.17, 15) is 14.7 Å². The Kier molecular flexibility index (Phi) is 4.78. The second kappa shape index (κ2) is 7.46. The number of ether oxygens (including phenoxy) is 1. The van der Waals surface area contributed by atoms with Crippen molar-refractivity contribution in [3.63, 3.8) is 0 Å². The van der Waals surface area contributed by atoms with Gasteiger partial charge in [0.05, 0.1) is 12.2 Å². The number of carbonyl (C=O) groups excluding carboxylic acids is 1. The highest BCUT2D eigenvalue weighted by Crippen LogP contribution is 2.60. The predicted molar refractivity (Wildman–Crippen MR) is 116 cm³/mol. The standard InChI is InChI=1S/C26H32FNO4/c27-21-10-23(32-14-26-11-15-6-16(12-26)8-17(7-15)13-26)19(18-3-4-18)9-20(21)24(29)28-5-1-2-22(28)25(30)31/h9-10,15-18,22H,1-8,11-14H2,(H,30,31)/t15?,16?,17?,22-,26?/m1/s1. The van der Waals surface area contributed by atoms with Gasteiger partial charge in [0, 0.05) is 18.0 Å². The third-order valence-electron chi connectivity index (χ3n) is 8.84. The van der Waals surface area contributed by atoms with E-state index in [2.05, 4.69) is 0 Å². The average Bonchev–Trinajstić information content (AvgIpc) is 3.45. The largest absolute Gasteiger partial charge is 0.493 e. The minimum Gasteiger partial charge on any atom is -0.493 e. The minimum absolute atomic E-state index is 0.0118. The number of aliphatic carboxylic acids is 1. The first-order chi connectivity index (χ1) is 15.4. The maximum Gasteiger partial charge on any atom is 0.326 e. The smallest absolute Gasteiger partial charge is 0.326 e. The van der Waals surface area contributed by atoms with Crippen molar-refractivity contribution in [1.29, 1.82) is 0 Å². The number of carboxylic acids is 1. The number of carboxylic acid groups (broad SMARTS) is 1. The highest BCUT2D eigenvalue weighted by molar-refractivity contribution is 5.97. The number of nitrogens with zero attached hydrogens (tertiary/aromatic N) is 1. The topological polar surface area (TPSA) is 66.8 Å². The highest BCUT2D eigenvalue weighted by Gasteiger charge is 2.51. The molecular weight excluding hydrogens is 409 g/mol. The Morgan fingerprint density at radius 2 is 1.72 bits per heavy atom. The maximum absolute atomic E-state index is 15.2. The molecule has 6 aliphatic rings. The van der Waals surface area contributed by atoms with Gasteiger partial charge in [-0.3, -0.25) is 4.79 Å². The molecule has 172 valence electrons. The highest BCUT2D eigenvalue weighted by atomic mass is 19.1. The fraction of sp³-hybridized carbons (Fsp3) is 0.692. The van der Waals surface area contributed by atoms with Gasteiger partial charge < -0.3 is 14.7 Å². The lowest BCUT2D eigenvalue weighted by molar-refractivity contribution is -0.141. The molecule has 1 atom stereocenters. The molecule has 1 N–H and O–H groups in total. The molecule has 32 heavy (non-hydrogen) atoms. The Morgan fingerprint density at radius 3 is 2.31 bits per heavy atom. The summed E-state index contributed by atoms with van der Waals surface area (Å²) < 4.78 is 21.5. The lowest BCUT2D eigenvalue weighted by Crippen LogP contribution is -2.48. The van der Waals surface area contributed by atoms with Crippen molar-refractivity contribution in [2.75, 3.05) is 13.2 Å². The molecule has 0 unspecified atom stereocenters. The van der Waals surface area contributed by atoms with Crippen LogP contribution in [-0.2, 0) is 4.79 Å². The van der Waals surface area contributed by atoms with E-state index in [4.69, 9.17) is 4.74 Å². The molecule has 6 fully saturated rings. The van der Waals surface area contributed by atoms with Gasteiger partial charge in [-0.05, 0) is 99.5 Å². The zero-order valence-corrected chi connectivity index (χ0v) is 18.5. The molecule has 5 saturated carbocycles. The van der Waals surface area contributed by atoms with Gasteiger partial charge in [0.2, 0.25) is 0 Å². The van der Waals surface area contributed by atoms with E-state index in [1.807, 2.05) is 0 Å². The van der Waals surface area contributed by atoms with E-state index >= 15 is 4.39 Å². The summed E-state index contributed by atoms with van der Waals surface area (Å²) in [5.41, 5.74) is 1.15. The average molecular weight is 442 g/mol. The van der Waals surface area contributed by atoms with E-state index in [0.717, 1.165) is 36.2 Å². The first-order valence-corrected chi connectivity index (χ1v) is 12.4. The van der Waals surface area contributed by atoms with Gasteiger partial charge >= 0.3 is 5.97 Å². The van der Waals surface area contributed by atoms with Crippen LogP contribution in [0.4, 0.5) is 4.39 Å². The Hall–Kier alpha value is -2.11. The number of hydrogen-bond acceptors (Lipinski definition) is 3. The van der Waals surface area contributed by atoms with Crippen molar-refractivity contribution in [1.82, 2.24) is 4.90 Å². The first kappa shape index (κ1) is 20.5. The molecule has 0 radical (unpaired) electrons. The summed E-state index contributed by atoms with van der Waals surface area (Å²) in [5, 5.41) is 9.42. The maximum atomic E-state index is 15.2. The molecule has 1 aromatic carbocycles. The van der Waals surface area contributed by atoms with E-state index in [-0.39, 0.29) is 11.0 Å². The Balaban J connectivity index is 1.24. The number of rotatable bonds is 6. The van der Waals surface area contributed by atoms with Gasteiger partial charge in [-0.15, -0.1) is 0 Å². The van der Waals surface area contributed by atoms with Gasteiger partial charge in [-0.2, -0.15) is 0 Å². The van der Waals surface area contributed by atoms with Gasteiger partial charge in [-0.1, -0.05) is 0 Å². The summed E-state index contributed by atoms with van der Waals surface area (Å²) in [6.45, 7) is 1.01. The Labute approximate surface area is 188 Å². The van der Waals surface area contributed by atoms with Gasteiger partial charge in [0.25, 0.3) is 5.91 Å². The van der Waals surface area contributed by atoms with Crippen LogP contribution in [0.15, 0.2) is 12.1 Å². The van der Waals surface area contributed by atoms with Crippen molar-refractivity contribution in [3.05, 3.63) is 29.1 Å². The van der Waals surface area contributed by atoms with Crippen LogP contribution in [0.3, 0.4) is 0 Å². The molecule has 0 aromatic heterocycles. The summed E-state index contributed by atoms with van der Waals surface area (Å²) in [6, 6.07) is 2.19.